The van der Waals surface area contributed by atoms with Gasteiger partial charge in [-0.2, -0.15) is 9.97 Å². The van der Waals surface area contributed by atoms with Gasteiger partial charge in [0.2, 0.25) is 17.6 Å². The van der Waals surface area contributed by atoms with Gasteiger partial charge < -0.3 is 18.5 Å². The first-order valence-electron chi connectivity index (χ1n) is 8.69. The SMILES string of the molecule is COc1ccccc1-c1noc(CCCc2nc([C@@H]3CCOC3)no2)n1. The molecule has 0 N–H and O–H groups in total. The summed E-state index contributed by atoms with van der Waals surface area (Å²) in [6.07, 6.45) is 3.06. The number of aromatic nitrogens is 4. The van der Waals surface area contributed by atoms with E-state index in [1.807, 2.05) is 24.3 Å². The lowest BCUT2D eigenvalue weighted by atomic mass is 10.1. The fraction of sp³-hybridized carbons (Fsp3) is 0.444. The van der Waals surface area contributed by atoms with Crippen LogP contribution < -0.4 is 4.74 Å². The van der Waals surface area contributed by atoms with E-state index in [-0.39, 0.29) is 5.92 Å². The second kappa shape index (κ2) is 7.65. The van der Waals surface area contributed by atoms with E-state index in [9.17, 15) is 0 Å². The summed E-state index contributed by atoms with van der Waals surface area (Å²) in [4.78, 5) is 8.91. The third-order valence-corrected chi connectivity index (χ3v) is 4.38. The van der Waals surface area contributed by atoms with Gasteiger partial charge in [0.25, 0.3) is 0 Å². The van der Waals surface area contributed by atoms with E-state index in [1.54, 1.807) is 7.11 Å². The zero-order valence-electron chi connectivity index (χ0n) is 14.6. The number of para-hydroxylation sites is 1. The molecule has 8 nitrogen and oxygen atoms in total. The minimum Gasteiger partial charge on any atom is -0.496 e. The Morgan fingerprint density at radius 2 is 1.88 bits per heavy atom. The molecule has 1 fully saturated rings. The maximum absolute atomic E-state index is 5.36. The first kappa shape index (κ1) is 16.7. The van der Waals surface area contributed by atoms with Crippen molar-refractivity contribution in [2.24, 2.45) is 0 Å². The molecule has 1 aliphatic rings. The van der Waals surface area contributed by atoms with Crippen molar-refractivity contribution in [3.63, 3.8) is 0 Å². The Kier molecular flexibility index (Phi) is 4.92. The van der Waals surface area contributed by atoms with Crippen molar-refractivity contribution in [2.75, 3.05) is 20.3 Å². The Balaban J connectivity index is 1.33. The van der Waals surface area contributed by atoms with Gasteiger partial charge in [0, 0.05) is 25.4 Å². The largest absolute Gasteiger partial charge is 0.496 e. The van der Waals surface area contributed by atoms with Crippen molar-refractivity contribution in [3.05, 3.63) is 41.9 Å². The monoisotopic (exact) mass is 356 g/mol. The second-order valence-corrected chi connectivity index (χ2v) is 6.17. The van der Waals surface area contributed by atoms with Gasteiger partial charge in [-0.3, -0.25) is 0 Å². The number of ether oxygens (including phenoxy) is 2. The summed E-state index contributed by atoms with van der Waals surface area (Å²) in [7, 11) is 1.62. The summed E-state index contributed by atoms with van der Waals surface area (Å²) in [6, 6.07) is 7.59. The maximum atomic E-state index is 5.36. The fourth-order valence-electron chi connectivity index (χ4n) is 2.96. The first-order valence-corrected chi connectivity index (χ1v) is 8.69. The predicted octanol–water partition coefficient (Wildman–Crippen LogP) is 2.81. The molecule has 1 atom stereocenters. The zero-order chi connectivity index (χ0) is 17.8. The Morgan fingerprint density at radius 1 is 1.08 bits per heavy atom. The molecule has 1 aromatic carbocycles. The second-order valence-electron chi connectivity index (χ2n) is 6.17. The highest BCUT2D eigenvalue weighted by molar-refractivity contribution is 5.63. The van der Waals surface area contributed by atoms with Gasteiger partial charge in [-0.1, -0.05) is 22.4 Å². The molecule has 3 heterocycles. The molecule has 0 aliphatic carbocycles. The number of hydrogen-bond donors (Lipinski definition) is 0. The Hall–Kier alpha value is -2.74. The average molecular weight is 356 g/mol. The van der Waals surface area contributed by atoms with E-state index in [2.05, 4.69) is 20.3 Å². The molecule has 0 spiro atoms. The van der Waals surface area contributed by atoms with Crippen LogP contribution in [0.25, 0.3) is 11.4 Å². The molecule has 1 aliphatic heterocycles. The fourth-order valence-corrected chi connectivity index (χ4v) is 2.96. The van der Waals surface area contributed by atoms with Crippen LogP contribution in [0, 0.1) is 0 Å². The normalized spacial score (nSPS) is 16.9. The van der Waals surface area contributed by atoms with Crippen LogP contribution in [0.2, 0.25) is 0 Å². The maximum Gasteiger partial charge on any atom is 0.226 e. The highest BCUT2D eigenvalue weighted by atomic mass is 16.5. The minimum atomic E-state index is 0.256. The summed E-state index contributed by atoms with van der Waals surface area (Å²) in [5.41, 5.74) is 0.810. The Labute approximate surface area is 150 Å². The molecule has 2 aromatic heterocycles. The van der Waals surface area contributed by atoms with Crippen LogP contribution in [0.5, 0.6) is 5.75 Å². The van der Waals surface area contributed by atoms with Crippen molar-refractivity contribution in [3.8, 4) is 17.1 Å². The van der Waals surface area contributed by atoms with Crippen LogP contribution >= 0.6 is 0 Å². The van der Waals surface area contributed by atoms with Crippen LogP contribution in [-0.4, -0.2) is 40.6 Å². The molecule has 8 heteroatoms. The molecular weight excluding hydrogens is 336 g/mol. The summed E-state index contributed by atoms with van der Waals surface area (Å²) in [6.45, 7) is 1.44. The minimum absolute atomic E-state index is 0.256. The average Bonchev–Trinajstić information content (AvgIpc) is 3.43. The third-order valence-electron chi connectivity index (χ3n) is 4.38. The third kappa shape index (κ3) is 3.60. The van der Waals surface area contributed by atoms with E-state index < -0.39 is 0 Å². The van der Waals surface area contributed by atoms with Gasteiger partial charge >= 0.3 is 0 Å². The summed E-state index contributed by atoms with van der Waals surface area (Å²) in [5.74, 6) is 3.46. The first-order chi connectivity index (χ1) is 12.8. The number of rotatable bonds is 7. The number of aryl methyl sites for hydroxylation is 2. The van der Waals surface area contributed by atoms with Gasteiger partial charge in [-0.15, -0.1) is 0 Å². The smallest absolute Gasteiger partial charge is 0.226 e. The van der Waals surface area contributed by atoms with Crippen molar-refractivity contribution < 1.29 is 18.5 Å². The van der Waals surface area contributed by atoms with Crippen molar-refractivity contribution in [1.82, 2.24) is 20.3 Å². The molecule has 3 aromatic rings. The van der Waals surface area contributed by atoms with Crippen LogP contribution in [-0.2, 0) is 17.6 Å². The van der Waals surface area contributed by atoms with E-state index in [0.717, 1.165) is 30.8 Å². The number of benzene rings is 1. The van der Waals surface area contributed by atoms with Crippen LogP contribution in [0.15, 0.2) is 33.3 Å². The molecular formula is C18H20N4O4. The summed E-state index contributed by atoms with van der Waals surface area (Å²) < 4.78 is 21.4. The number of hydrogen-bond acceptors (Lipinski definition) is 8. The van der Waals surface area contributed by atoms with Gasteiger partial charge in [-0.25, -0.2) is 0 Å². The van der Waals surface area contributed by atoms with Crippen LogP contribution in [0.4, 0.5) is 0 Å². The molecule has 4 rings (SSSR count). The molecule has 0 amide bonds. The van der Waals surface area contributed by atoms with E-state index >= 15 is 0 Å². The van der Waals surface area contributed by atoms with Gasteiger partial charge in [0.15, 0.2) is 5.82 Å². The molecule has 0 radical (unpaired) electrons. The van der Waals surface area contributed by atoms with Gasteiger partial charge in [-0.05, 0) is 25.0 Å². The van der Waals surface area contributed by atoms with E-state index in [0.29, 0.717) is 42.8 Å². The van der Waals surface area contributed by atoms with Crippen molar-refractivity contribution in [2.45, 2.75) is 31.6 Å². The topological polar surface area (TPSA) is 96.3 Å². The van der Waals surface area contributed by atoms with Crippen molar-refractivity contribution >= 4 is 0 Å². The van der Waals surface area contributed by atoms with Crippen LogP contribution in [0.1, 0.15) is 36.4 Å². The molecule has 136 valence electrons. The summed E-state index contributed by atoms with van der Waals surface area (Å²) in [5, 5.41) is 8.10. The summed E-state index contributed by atoms with van der Waals surface area (Å²) >= 11 is 0. The standard InChI is InChI=1S/C18H20N4O4/c1-23-14-6-3-2-5-13(14)18-20-16(26-22-18)8-4-7-15-19-17(21-25-15)12-9-10-24-11-12/h2-3,5-6,12H,4,7-11H2,1H3/t12-/m1/s1. The molecule has 26 heavy (non-hydrogen) atoms. The number of methoxy groups -OCH3 is 1. The Morgan fingerprint density at radius 3 is 2.69 bits per heavy atom. The highest BCUT2D eigenvalue weighted by Gasteiger charge is 2.23. The van der Waals surface area contributed by atoms with E-state index in [1.165, 1.54) is 0 Å². The zero-order valence-corrected chi connectivity index (χ0v) is 14.6. The van der Waals surface area contributed by atoms with Crippen molar-refractivity contribution in [1.29, 1.82) is 0 Å². The lowest BCUT2D eigenvalue weighted by Gasteiger charge is -2.02. The number of nitrogens with zero attached hydrogens (tertiary/aromatic N) is 4. The Bertz CT molecular complexity index is 854. The quantitative estimate of drug-likeness (QED) is 0.637. The predicted molar refractivity (Wildman–Crippen MR) is 90.8 cm³/mol. The highest BCUT2D eigenvalue weighted by Crippen LogP contribution is 2.27. The lowest BCUT2D eigenvalue weighted by molar-refractivity contribution is 0.192. The molecule has 1 saturated heterocycles. The molecule has 0 saturated carbocycles. The van der Waals surface area contributed by atoms with Crippen LogP contribution in [0.3, 0.4) is 0 Å². The van der Waals surface area contributed by atoms with Gasteiger partial charge in [0.1, 0.15) is 5.75 Å². The lowest BCUT2D eigenvalue weighted by Crippen LogP contribution is -2.00. The van der Waals surface area contributed by atoms with E-state index in [4.69, 9.17) is 18.5 Å². The molecule has 0 bridgehead atoms. The molecule has 0 unspecified atom stereocenters. The van der Waals surface area contributed by atoms with Gasteiger partial charge in [0.05, 0.1) is 19.3 Å².